The number of carbonyl (C=O) groups excluding carboxylic acids is 1. The monoisotopic (exact) mass is 386 g/mol. The molecule has 0 saturated carbocycles. The quantitative estimate of drug-likeness (QED) is 0.209. The van der Waals surface area contributed by atoms with Crippen molar-refractivity contribution in [3.63, 3.8) is 0 Å². The number of rotatable bonds is 5. The Morgan fingerprint density at radius 2 is 1.76 bits per heavy atom. The molecule has 1 aromatic heterocycles. The van der Waals surface area contributed by atoms with E-state index in [-0.39, 0.29) is 17.9 Å². The Balaban J connectivity index is 1.73. The lowest BCUT2D eigenvalue weighted by Crippen LogP contribution is -2.10. The topological polar surface area (TPSA) is 65.7 Å². The molecular weight excluding hydrogens is 368 g/mol. The van der Waals surface area contributed by atoms with Crippen LogP contribution >= 0.6 is 0 Å². The van der Waals surface area contributed by atoms with Crippen molar-refractivity contribution in [1.82, 2.24) is 0 Å². The third-order valence-electron chi connectivity index (χ3n) is 4.50. The molecule has 0 amide bonds. The van der Waals surface area contributed by atoms with Gasteiger partial charge in [-0.1, -0.05) is 49.0 Å². The first-order valence-electron chi connectivity index (χ1n) is 9.06. The lowest BCUT2D eigenvalue weighted by molar-refractivity contribution is -0.130. The Morgan fingerprint density at radius 3 is 2.59 bits per heavy atom. The zero-order valence-electron chi connectivity index (χ0n) is 15.8. The predicted octanol–water partition coefficient (Wildman–Crippen LogP) is 5.01. The van der Waals surface area contributed by atoms with Crippen LogP contribution in [0, 0.1) is 0 Å². The minimum atomic E-state index is -0.559. The summed E-state index contributed by atoms with van der Waals surface area (Å²) in [5.41, 5.74) is 1.13. The molecule has 3 aromatic carbocycles. The minimum Gasteiger partial charge on any atom is -0.485 e. The molecule has 4 rings (SSSR count). The fourth-order valence-corrected chi connectivity index (χ4v) is 3.03. The fourth-order valence-electron chi connectivity index (χ4n) is 3.03. The van der Waals surface area contributed by atoms with E-state index in [2.05, 4.69) is 6.58 Å². The molecular formula is C24H18O5. The highest BCUT2D eigenvalue weighted by atomic mass is 16.6. The number of esters is 1. The van der Waals surface area contributed by atoms with Gasteiger partial charge >= 0.3 is 11.6 Å². The van der Waals surface area contributed by atoms with Crippen LogP contribution in [0.3, 0.4) is 0 Å². The number of carbonyl (C=O) groups is 1. The SMILES string of the molecule is C=C(C)C(=O)Oc1cc2ccc(=O)oc2cc1OCc1cccc2ccccc12. The molecule has 0 saturated heterocycles. The Kier molecular flexibility index (Phi) is 4.87. The summed E-state index contributed by atoms with van der Waals surface area (Å²) in [6.07, 6.45) is 0. The number of fused-ring (bicyclic) bond motifs is 2. The molecule has 1 heterocycles. The summed E-state index contributed by atoms with van der Waals surface area (Å²) in [6, 6.07) is 20.1. The van der Waals surface area contributed by atoms with Crippen molar-refractivity contribution in [3.05, 3.63) is 94.9 Å². The first kappa shape index (κ1) is 18.5. The molecule has 4 aromatic rings. The van der Waals surface area contributed by atoms with Crippen molar-refractivity contribution in [1.29, 1.82) is 0 Å². The van der Waals surface area contributed by atoms with E-state index >= 15 is 0 Å². The van der Waals surface area contributed by atoms with E-state index in [1.807, 2.05) is 42.5 Å². The summed E-state index contributed by atoms with van der Waals surface area (Å²) < 4.78 is 16.7. The largest absolute Gasteiger partial charge is 0.485 e. The van der Waals surface area contributed by atoms with Crippen LogP contribution in [0.5, 0.6) is 11.5 Å². The fraction of sp³-hybridized carbons (Fsp3) is 0.0833. The highest BCUT2D eigenvalue weighted by Crippen LogP contribution is 2.33. The predicted molar refractivity (Wildman–Crippen MR) is 111 cm³/mol. The molecule has 0 aliphatic carbocycles. The summed E-state index contributed by atoms with van der Waals surface area (Å²) >= 11 is 0. The van der Waals surface area contributed by atoms with E-state index in [9.17, 15) is 9.59 Å². The molecule has 0 bridgehead atoms. The van der Waals surface area contributed by atoms with Gasteiger partial charge in [0.05, 0.1) is 0 Å². The molecule has 0 unspecified atom stereocenters. The van der Waals surface area contributed by atoms with Gasteiger partial charge in [-0.15, -0.1) is 0 Å². The number of benzene rings is 3. The van der Waals surface area contributed by atoms with Crippen molar-refractivity contribution in [2.24, 2.45) is 0 Å². The van der Waals surface area contributed by atoms with Crippen LogP contribution in [0.2, 0.25) is 0 Å². The maximum Gasteiger partial charge on any atom is 0.338 e. The van der Waals surface area contributed by atoms with E-state index in [4.69, 9.17) is 13.9 Å². The zero-order chi connectivity index (χ0) is 20.4. The average molecular weight is 386 g/mol. The molecule has 0 fully saturated rings. The average Bonchev–Trinajstić information content (AvgIpc) is 2.72. The van der Waals surface area contributed by atoms with Crippen LogP contribution in [0.1, 0.15) is 12.5 Å². The molecule has 5 heteroatoms. The molecule has 0 spiro atoms. The van der Waals surface area contributed by atoms with Gasteiger partial charge < -0.3 is 13.9 Å². The smallest absolute Gasteiger partial charge is 0.338 e. The van der Waals surface area contributed by atoms with Crippen LogP contribution in [0.15, 0.2) is 88.1 Å². The first-order chi connectivity index (χ1) is 14.0. The van der Waals surface area contributed by atoms with Crippen molar-refractivity contribution in [2.75, 3.05) is 0 Å². The van der Waals surface area contributed by atoms with Crippen molar-refractivity contribution >= 4 is 27.7 Å². The first-order valence-corrected chi connectivity index (χ1v) is 9.06. The van der Waals surface area contributed by atoms with E-state index < -0.39 is 11.6 Å². The summed E-state index contributed by atoms with van der Waals surface area (Å²) in [7, 11) is 0. The molecule has 29 heavy (non-hydrogen) atoms. The van der Waals surface area contributed by atoms with E-state index in [0.717, 1.165) is 16.3 Å². The molecule has 0 atom stereocenters. The third-order valence-corrected chi connectivity index (χ3v) is 4.50. The Labute approximate surface area is 166 Å². The second-order valence-corrected chi connectivity index (χ2v) is 6.69. The van der Waals surface area contributed by atoms with Gasteiger partial charge in [-0.25, -0.2) is 9.59 Å². The highest BCUT2D eigenvalue weighted by Gasteiger charge is 2.15. The third kappa shape index (κ3) is 3.89. The Bertz CT molecular complexity index is 1290. The Hall–Kier alpha value is -3.86. The van der Waals surface area contributed by atoms with Gasteiger partial charge in [0.1, 0.15) is 12.2 Å². The van der Waals surface area contributed by atoms with Crippen molar-refractivity contribution in [3.8, 4) is 11.5 Å². The number of hydrogen-bond acceptors (Lipinski definition) is 5. The second-order valence-electron chi connectivity index (χ2n) is 6.69. The normalized spacial score (nSPS) is 10.8. The maximum atomic E-state index is 12.1. The van der Waals surface area contributed by atoms with Crippen LogP contribution in [0.25, 0.3) is 21.7 Å². The van der Waals surface area contributed by atoms with Gasteiger partial charge in [0.25, 0.3) is 0 Å². The summed E-state index contributed by atoms with van der Waals surface area (Å²) in [6.45, 7) is 5.43. The summed E-state index contributed by atoms with van der Waals surface area (Å²) in [5.74, 6) is -0.0225. The van der Waals surface area contributed by atoms with Gasteiger partial charge in [-0.05, 0) is 35.4 Å². The van der Waals surface area contributed by atoms with Crippen LogP contribution < -0.4 is 15.1 Å². The van der Waals surface area contributed by atoms with Gasteiger partial charge in [-0.3, -0.25) is 0 Å². The molecule has 0 aliphatic heterocycles. The van der Waals surface area contributed by atoms with Gasteiger partial charge in [0.15, 0.2) is 11.5 Å². The van der Waals surface area contributed by atoms with E-state index in [1.165, 1.54) is 6.07 Å². The lowest BCUT2D eigenvalue weighted by atomic mass is 10.1. The number of hydrogen-bond donors (Lipinski definition) is 0. The maximum absolute atomic E-state index is 12.1. The molecule has 144 valence electrons. The van der Waals surface area contributed by atoms with Gasteiger partial charge in [0, 0.05) is 23.1 Å². The molecule has 0 N–H and O–H groups in total. The van der Waals surface area contributed by atoms with E-state index in [0.29, 0.717) is 16.7 Å². The van der Waals surface area contributed by atoms with Gasteiger partial charge in [0.2, 0.25) is 0 Å². The summed E-state index contributed by atoms with van der Waals surface area (Å²) in [4.78, 5) is 23.6. The molecule has 5 nitrogen and oxygen atoms in total. The highest BCUT2D eigenvalue weighted by molar-refractivity contribution is 5.90. The minimum absolute atomic E-state index is 0.236. The van der Waals surface area contributed by atoms with Crippen LogP contribution in [0.4, 0.5) is 0 Å². The zero-order valence-corrected chi connectivity index (χ0v) is 15.8. The summed E-state index contributed by atoms with van der Waals surface area (Å²) in [5, 5.41) is 2.79. The van der Waals surface area contributed by atoms with Crippen LogP contribution in [-0.4, -0.2) is 5.97 Å². The lowest BCUT2D eigenvalue weighted by Gasteiger charge is -2.14. The molecule has 0 radical (unpaired) electrons. The standard InChI is InChI=1S/C24H18O5/c1-15(2)24(26)29-22-12-17-10-11-23(25)28-20(17)13-21(22)27-14-18-8-5-7-16-6-3-4-9-19(16)18/h3-13H,1,14H2,2H3. The van der Waals surface area contributed by atoms with Crippen LogP contribution in [-0.2, 0) is 11.4 Å². The molecule has 0 aliphatic rings. The van der Waals surface area contributed by atoms with Gasteiger partial charge in [-0.2, -0.15) is 0 Å². The Morgan fingerprint density at radius 1 is 0.966 bits per heavy atom. The van der Waals surface area contributed by atoms with Crippen molar-refractivity contribution in [2.45, 2.75) is 13.5 Å². The number of ether oxygens (including phenoxy) is 2. The second kappa shape index (κ2) is 7.64. The van der Waals surface area contributed by atoms with Crippen molar-refractivity contribution < 1.29 is 18.7 Å². The van der Waals surface area contributed by atoms with E-state index in [1.54, 1.807) is 25.1 Å².